The van der Waals surface area contributed by atoms with Gasteiger partial charge in [-0.25, -0.2) is 0 Å². The van der Waals surface area contributed by atoms with Crippen LogP contribution in [0.3, 0.4) is 0 Å². The standard InChI is InChI=1S/C24H24N4O/c25-12-16-5-6-17-7-8-28(14-20(17)9-16)15-21-10-19(21)13-26-24(29)23-11-18-3-1-2-4-22(18)27-23/h1-6,9,11,19,21,27H,7-8,10,13-15H2,(H,26,29)/t19-,21-/m1/s1. The molecule has 0 spiro atoms. The van der Waals surface area contributed by atoms with Crippen molar-refractivity contribution in [2.75, 3.05) is 19.6 Å². The van der Waals surface area contributed by atoms with E-state index in [-0.39, 0.29) is 5.91 Å². The fourth-order valence-electron chi connectivity index (χ4n) is 4.47. The summed E-state index contributed by atoms with van der Waals surface area (Å²) in [5.74, 6) is 1.19. The Balaban J connectivity index is 1.12. The van der Waals surface area contributed by atoms with Gasteiger partial charge in [0.25, 0.3) is 5.91 Å². The van der Waals surface area contributed by atoms with E-state index in [0.29, 0.717) is 17.5 Å². The van der Waals surface area contributed by atoms with Gasteiger partial charge in [0.2, 0.25) is 0 Å². The molecule has 2 heterocycles. The van der Waals surface area contributed by atoms with Crippen molar-refractivity contribution in [3.05, 3.63) is 70.9 Å². The second kappa shape index (κ2) is 7.38. The van der Waals surface area contributed by atoms with Gasteiger partial charge in [0.1, 0.15) is 5.69 Å². The number of hydrogen-bond donors (Lipinski definition) is 2. The number of amides is 1. The smallest absolute Gasteiger partial charge is 0.267 e. The lowest BCUT2D eigenvalue weighted by Crippen LogP contribution is -2.33. The van der Waals surface area contributed by atoms with Gasteiger partial charge in [-0.05, 0) is 60.1 Å². The maximum absolute atomic E-state index is 12.5. The molecule has 1 aromatic heterocycles. The van der Waals surface area contributed by atoms with E-state index in [1.54, 1.807) is 0 Å². The van der Waals surface area contributed by atoms with Crippen LogP contribution in [0.5, 0.6) is 0 Å². The zero-order chi connectivity index (χ0) is 19.8. The highest BCUT2D eigenvalue weighted by molar-refractivity contribution is 5.97. The number of H-pyrrole nitrogens is 1. The quantitative estimate of drug-likeness (QED) is 0.708. The Labute approximate surface area is 170 Å². The number of para-hydroxylation sites is 1. The first-order chi connectivity index (χ1) is 14.2. The molecule has 2 N–H and O–H groups in total. The van der Waals surface area contributed by atoms with Gasteiger partial charge in [-0.15, -0.1) is 0 Å². The molecule has 2 aromatic carbocycles. The minimum Gasteiger partial charge on any atom is -0.351 e. The van der Waals surface area contributed by atoms with E-state index >= 15 is 0 Å². The average molecular weight is 384 g/mol. The highest BCUT2D eigenvalue weighted by Crippen LogP contribution is 2.39. The van der Waals surface area contributed by atoms with E-state index in [1.165, 1.54) is 17.5 Å². The van der Waals surface area contributed by atoms with Crippen LogP contribution in [0, 0.1) is 23.2 Å². The van der Waals surface area contributed by atoms with E-state index < -0.39 is 0 Å². The lowest BCUT2D eigenvalue weighted by molar-refractivity contribution is 0.0946. The SMILES string of the molecule is N#Cc1ccc2c(c1)CN(C[C@H]1C[C@@H]1CNC(=O)c1cc3ccccc3[nH]1)CC2. The normalized spacial score (nSPS) is 20.8. The zero-order valence-electron chi connectivity index (χ0n) is 16.3. The van der Waals surface area contributed by atoms with Crippen molar-refractivity contribution in [1.29, 1.82) is 5.26 Å². The molecule has 3 aromatic rings. The van der Waals surface area contributed by atoms with Gasteiger partial charge in [-0.2, -0.15) is 5.26 Å². The van der Waals surface area contributed by atoms with E-state index in [9.17, 15) is 4.79 Å². The summed E-state index contributed by atoms with van der Waals surface area (Å²) >= 11 is 0. The molecule has 1 aliphatic carbocycles. The number of benzene rings is 2. The number of fused-ring (bicyclic) bond motifs is 2. The molecule has 0 bridgehead atoms. The third kappa shape index (κ3) is 3.76. The lowest BCUT2D eigenvalue weighted by atomic mass is 9.97. The highest BCUT2D eigenvalue weighted by atomic mass is 16.1. The lowest BCUT2D eigenvalue weighted by Gasteiger charge is -2.29. The first kappa shape index (κ1) is 18.0. The molecule has 2 aliphatic rings. The Morgan fingerprint density at radius 1 is 1.17 bits per heavy atom. The Kier molecular flexibility index (Phi) is 4.57. The fraction of sp³-hybridized carbons (Fsp3) is 0.333. The monoisotopic (exact) mass is 384 g/mol. The fourth-order valence-corrected chi connectivity index (χ4v) is 4.47. The number of nitrogens with zero attached hydrogens (tertiary/aromatic N) is 2. The number of hydrogen-bond acceptors (Lipinski definition) is 3. The summed E-state index contributed by atoms with van der Waals surface area (Å²) in [7, 11) is 0. The van der Waals surface area contributed by atoms with Crippen LogP contribution >= 0.6 is 0 Å². The predicted octanol–water partition coefficient (Wildman–Crippen LogP) is 3.46. The summed E-state index contributed by atoms with van der Waals surface area (Å²) < 4.78 is 0. The topological polar surface area (TPSA) is 71.9 Å². The van der Waals surface area contributed by atoms with E-state index in [0.717, 1.165) is 49.1 Å². The van der Waals surface area contributed by atoms with Gasteiger partial charge in [-0.1, -0.05) is 24.3 Å². The molecule has 5 nitrogen and oxygen atoms in total. The molecule has 1 fully saturated rings. The van der Waals surface area contributed by atoms with Crippen molar-refractivity contribution in [2.24, 2.45) is 11.8 Å². The van der Waals surface area contributed by atoms with Crippen molar-refractivity contribution < 1.29 is 4.79 Å². The average Bonchev–Trinajstić information content (AvgIpc) is 3.33. The van der Waals surface area contributed by atoms with E-state index in [2.05, 4.69) is 27.3 Å². The first-order valence-electron chi connectivity index (χ1n) is 10.3. The third-order valence-corrected chi connectivity index (χ3v) is 6.29. The molecular weight excluding hydrogens is 360 g/mol. The third-order valence-electron chi connectivity index (χ3n) is 6.29. The molecular formula is C24H24N4O. The maximum Gasteiger partial charge on any atom is 0.267 e. The van der Waals surface area contributed by atoms with Crippen LogP contribution in [-0.4, -0.2) is 35.4 Å². The zero-order valence-corrected chi connectivity index (χ0v) is 16.3. The van der Waals surface area contributed by atoms with Gasteiger partial charge in [0.15, 0.2) is 0 Å². The number of rotatable bonds is 5. The number of carbonyl (C=O) groups excluding carboxylic acids is 1. The van der Waals surface area contributed by atoms with Gasteiger partial charge in [0, 0.05) is 37.1 Å². The molecule has 146 valence electrons. The summed E-state index contributed by atoms with van der Waals surface area (Å²) in [4.78, 5) is 18.1. The number of aromatic amines is 1. The van der Waals surface area contributed by atoms with Gasteiger partial charge in [0.05, 0.1) is 11.6 Å². The van der Waals surface area contributed by atoms with Crippen molar-refractivity contribution in [3.8, 4) is 6.07 Å². The Morgan fingerprint density at radius 3 is 2.93 bits per heavy atom. The Hall–Kier alpha value is -3.10. The van der Waals surface area contributed by atoms with Crippen LogP contribution < -0.4 is 5.32 Å². The summed E-state index contributed by atoms with van der Waals surface area (Å²) in [5, 5.41) is 13.3. The Bertz CT molecular complexity index is 1080. The summed E-state index contributed by atoms with van der Waals surface area (Å²) in [6, 6.07) is 18.1. The maximum atomic E-state index is 12.5. The Morgan fingerprint density at radius 2 is 2.07 bits per heavy atom. The molecule has 5 rings (SSSR count). The van der Waals surface area contributed by atoms with Gasteiger partial charge >= 0.3 is 0 Å². The van der Waals surface area contributed by atoms with Crippen LogP contribution in [0.1, 0.15) is 33.6 Å². The van der Waals surface area contributed by atoms with Crippen molar-refractivity contribution in [2.45, 2.75) is 19.4 Å². The minimum absolute atomic E-state index is 0.0252. The molecule has 0 radical (unpaired) electrons. The summed E-state index contributed by atoms with van der Waals surface area (Å²) in [5.41, 5.74) is 5.03. The van der Waals surface area contributed by atoms with Crippen LogP contribution in [0.25, 0.3) is 10.9 Å². The summed E-state index contributed by atoms with van der Waals surface area (Å²) in [6.07, 6.45) is 2.23. The molecule has 1 saturated carbocycles. The number of carbonyl (C=O) groups is 1. The second-order valence-corrected chi connectivity index (χ2v) is 8.32. The largest absolute Gasteiger partial charge is 0.351 e. The highest BCUT2D eigenvalue weighted by Gasteiger charge is 2.38. The summed E-state index contributed by atoms with van der Waals surface area (Å²) in [6.45, 7) is 3.81. The van der Waals surface area contributed by atoms with Crippen molar-refractivity contribution >= 4 is 16.8 Å². The molecule has 2 atom stereocenters. The molecule has 29 heavy (non-hydrogen) atoms. The van der Waals surface area contributed by atoms with Crippen molar-refractivity contribution in [1.82, 2.24) is 15.2 Å². The van der Waals surface area contributed by atoms with E-state index in [4.69, 9.17) is 5.26 Å². The molecule has 5 heteroatoms. The molecule has 0 saturated heterocycles. The number of aromatic nitrogens is 1. The molecule has 0 unspecified atom stereocenters. The van der Waals surface area contributed by atoms with Crippen LogP contribution in [-0.2, 0) is 13.0 Å². The number of nitrogens with one attached hydrogen (secondary N) is 2. The first-order valence-corrected chi connectivity index (χ1v) is 10.3. The van der Waals surface area contributed by atoms with Gasteiger partial charge < -0.3 is 10.3 Å². The molecule has 1 aliphatic heterocycles. The van der Waals surface area contributed by atoms with Crippen LogP contribution in [0.2, 0.25) is 0 Å². The second-order valence-electron chi connectivity index (χ2n) is 8.32. The minimum atomic E-state index is -0.0252. The van der Waals surface area contributed by atoms with Gasteiger partial charge in [-0.3, -0.25) is 9.69 Å². The van der Waals surface area contributed by atoms with Crippen LogP contribution in [0.4, 0.5) is 0 Å². The predicted molar refractivity (Wildman–Crippen MR) is 112 cm³/mol. The van der Waals surface area contributed by atoms with Crippen LogP contribution in [0.15, 0.2) is 48.5 Å². The molecule has 1 amide bonds. The number of nitriles is 1. The van der Waals surface area contributed by atoms with Crippen molar-refractivity contribution in [3.63, 3.8) is 0 Å². The van der Waals surface area contributed by atoms with E-state index in [1.807, 2.05) is 42.5 Å².